The standard InChI is InChI=1S/C14H17N3O3S/c1-9(2)13-16-17-14(20-13)21-8-12(18)15-10-6-4-5-7-11(10)19-3/h4-7,9H,8H2,1-3H3,(H,15,18). The molecule has 0 aliphatic rings. The van der Waals surface area contributed by atoms with Crippen molar-refractivity contribution < 1.29 is 13.9 Å². The van der Waals surface area contributed by atoms with E-state index < -0.39 is 0 Å². The Balaban J connectivity index is 1.89. The first-order valence-corrected chi connectivity index (χ1v) is 7.47. The highest BCUT2D eigenvalue weighted by Gasteiger charge is 2.12. The van der Waals surface area contributed by atoms with Crippen LogP contribution in [-0.4, -0.2) is 29.0 Å². The molecule has 112 valence electrons. The summed E-state index contributed by atoms with van der Waals surface area (Å²) in [4.78, 5) is 11.9. The van der Waals surface area contributed by atoms with E-state index in [4.69, 9.17) is 9.15 Å². The molecule has 0 aliphatic carbocycles. The minimum Gasteiger partial charge on any atom is -0.495 e. The molecule has 1 aromatic heterocycles. The molecule has 21 heavy (non-hydrogen) atoms. The minimum atomic E-state index is -0.159. The number of methoxy groups -OCH3 is 1. The van der Waals surface area contributed by atoms with Gasteiger partial charge < -0.3 is 14.5 Å². The number of anilines is 1. The lowest BCUT2D eigenvalue weighted by Gasteiger charge is -2.08. The van der Waals surface area contributed by atoms with Crippen molar-refractivity contribution in [1.82, 2.24) is 10.2 Å². The van der Waals surface area contributed by atoms with Gasteiger partial charge in [-0.05, 0) is 12.1 Å². The summed E-state index contributed by atoms with van der Waals surface area (Å²) in [5, 5.41) is 11.0. The van der Waals surface area contributed by atoms with E-state index in [9.17, 15) is 4.79 Å². The van der Waals surface area contributed by atoms with Crippen LogP contribution in [-0.2, 0) is 4.79 Å². The number of carbonyl (C=O) groups excluding carboxylic acids is 1. The van der Waals surface area contributed by atoms with Crippen molar-refractivity contribution >= 4 is 23.4 Å². The Bertz CT molecular complexity index is 613. The quantitative estimate of drug-likeness (QED) is 0.827. The highest BCUT2D eigenvalue weighted by atomic mass is 32.2. The maximum Gasteiger partial charge on any atom is 0.277 e. The number of benzene rings is 1. The molecule has 0 fully saturated rings. The van der Waals surface area contributed by atoms with Gasteiger partial charge in [0.05, 0.1) is 18.6 Å². The van der Waals surface area contributed by atoms with Crippen LogP contribution in [0.15, 0.2) is 33.9 Å². The largest absolute Gasteiger partial charge is 0.495 e. The van der Waals surface area contributed by atoms with Crippen LogP contribution >= 0.6 is 11.8 Å². The molecule has 0 aliphatic heterocycles. The van der Waals surface area contributed by atoms with Gasteiger partial charge in [-0.15, -0.1) is 10.2 Å². The van der Waals surface area contributed by atoms with Crippen LogP contribution in [0.4, 0.5) is 5.69 Å². The Morgan fingerprint density at radius 2 is 2.14 bits per heavy atom. The van der Waals surface area contributed by atoms with Crippen LogP contribution in [0.1, 0.15) is 25.7 Å². The van der Waals surface area contributed by atoms with E-state index in [1.165, 1.54) is 11.8 Å². The number of ether oxygens (including phenoxy) is 1. The molecule has 0 spiro atoms. The Hall–Kier alpha value is -2.02. The van der Waals surface area contributed by atoms with E-state index in [0.717, 1.165) is 0 Å². The molecular formula is C14H17N3O3S. The van der Waals surface area contributed by atoms with Crippen LogP contribution < -0.4 is 10.1 Å². The third-order valence-corrected chi connectivity index (χ3v) is 3.44. The highest BCUT2D eigenvalue weighted by Crippen LogP contribution is 2.24. The zero-order chi connectivity index (χ0) is 15.2. The van der Waals surface area contributed by atoms with Crippen molar-refractivity contribution in [3.63, 3.8) is 0 Å². The Labute approximate surface area is 127 Å². The highest BCUT2D eigenvalue weighted by molar-refractivity contribution is 7.99. The van der Waals surface area contributed by atoms with Gasteiger partial charge in [0.15, 0.2) is 0 Å². The lowest BCUT2D eigenvalue weighted by atomic mass is 10.2. The molecule has 1 N–H and O–H groups in total. The average Bonchev–Trinajstić information content (AvgIpc) is 2.95. The number of hydrogen-bond acceptors (Lipinski definition) is 6. The number of aromatic nitrogens is 2. The van der Waals surface area contributed by atoms with E-state index in [1.807, 2.05) is 26.0 Å². The lowest BCUT2D eigenvalue weighted by molar-refractivity contribution is -0.113. The van der Waals surface area contributed by atoms with Gasteiger partial charge in [0.2, 0.25) is 11.8 Å². The van der Waals surface area contributed by atoms with Crippen molar-refractivity contribution in [2.75, 3.05) is 18.2 Å². The molecule has 1 aromatic carbocycles. The molecular weight excluding hydrogens is 290 g/mol. The second-order valence-corrected chi connectivity index (χ2v) is 5.52. The molecule has 6 nitrogen and oxygen atoms in total. The fourth-order valence-corrected chi connectivity index (χ4v) is 2.14. The molecule has 0 radical (unpaired) electrons. The van der Waals surface area contributed by atoms with Gasteiger partial charge >= 0.3 is 0 Å². The van der Waals surface area contributed by atoms with Crippen molar-refractivity contribution in [1.29, 1.82) is 0 Å². The first-order chi connectivity index (χ1) is 10.1. The van der Waals surface area contributed by atoms with E-state index in [1.54, 1.807) is 19.2 Å². The fraction of sp³-hybridized carbons (Fsp3) is 0.357. The van der Waals surface area contributed by atoms with Crippen molar-refractivity contribution in [3.05, 3.63) is 30.2 Å². The smallest absolute Gasteiger partial charge is 0.277 e. The zero-order valence-electron chi connectivity index (χ0n) is 12.1. The number of nitrogens with zero attached hydrogens (tertiary/aromatic N) is 2. The number of nitrogens with one attached hydrogen (secondary N) is 1. The third kappa shape index (κ3) is 4.22. The summed E-state index contributed by atoms with van der Waals surface area (Å²) < 4.78 is 10.6. The van der Waals surface area contributed by atoms with E-state index in [2.05, 4.69) is 15.5 Å². The number of hydrogen-bond donors (Lipinski definition) is 1. The molecule has 0 atom stereocenters. The summed E-state index contributed by atoms with van der Waals surface area (Å²) in [6.07, 6.45) is 0. The van der Waals surface area contributed by atoms with E-state index in [0.29, 0.717) is 22.6 Å². The lowest BCUT2D eigenvalue weighted by Crippen LogP contribution is -2.14. The van der Waals surface area contributed by atoms with Crippen molar-refractivity contribution in [2.24, 2.45) is 0 Å². The summed E-state index contributed by atoms with van der Waals surface area (Å²) in [5.41, 5.74) is 0.638. The molecule has 2 aromatic rings. The number of carbonyl (C=O) groups is 1. The minimum absolute atomic E-state index is 0.159. The Morgan fingerprint density at radius 3 is 2.81 bits per heavy atom. The van der Waals surface area contributed by atoms with Crippen LogP contribution in [0.2, 0.25) is 0 Å². The third-order valence-electron chi connectivity index (χ3n) is 2.62. The zero-order valence-corrected chi connectivity index (χ0v) is 12.9. The van der Waals surface area contributed by atoms with Crippen LogP contribution in [0, 0.1) is 0 Å². The molecule has 0 unspecified atom stereocenters. The summed E-state index contributed by atoms with van der Waals surface area (Å²) >= 11 is 1.21. The maximum atomic E-state index is 11.9. The molecule has 0 bridgehead atoms. The van der Waals surface area contributed by atoms with Crippen LogP contribution in [0.5, 0.6) is 5.75 Å². The number of rotatable bonds is 6. The molecule has 0 saturated heterocycles. The van der Waals surface area contributed by atoms with Gasteiger partial charge in [0.1, 0.15) is 5.75 Å². The van der Waals surface area contributed by atoms with Crippen LogP contribution in [0.3, 0.4) is 0 Å². The number of para-hydroxylation sites is 2. The van der Waals surface area contributed by atoms with Gasteiger partial charge in [-0.1, -0.05) is 37.7 Å². The molecule has 1 heterocycles. The van der Waals surface area contributed by atoms with Crippen LogP contribution in [0.25, 0.3) is 0 Å². The SMILES string of the molecule is COc1ccccc1NC(=O)CSc1nnc(C(C)C)o1. The first kappa shape index (κ1) is 15.4. The van der Waals surface area contributed by atoms with Gasteiger partial charge in [-0.25, -0.2) is 0 Å². The first-order valence-electron chi connectivity index (χ1n) is 6.49. The topological polar surface area (TPSA) is 77.2 Å². The Kier molecular flexibility index (Phi) is 5.21. The summed E-state index contributed by atoms with van der Waals surface area (Å²) in [5.74, 6) is 1.40. The van der Waals surface area contributed by atoms with Crippen molar-refractivity contribution in [2.45, 2.75) is 25.0 Å². The molecule has 2 rings (SSSR count). The molecule has 0 saturated carbocycles. The number of thioether (sulfide) groups is 1. The molecule has 1 amide bonds. The predicted octanol–water partition coefficient (Wildman–Crippen LogP) is 2.93. The van der Waals surface area contributed by atoms with Gasteiger partial charge in [0.25, 0.3) is 5.22 Å². The van der Waals surface area contributed by atoms with Gasteiger partial charge in [-0.2, -0.15) is 0 Å². The van der Waals surface area contributed by atoms with Crippen molar-refractivity contribution in [3.8, 4) is 5.75 Å². The van der Waals surface area contributed by atoms with E-state index >= 15 is 0 Å². The number of amides is 1. The predicted molar refractivity (Wildman–Crippen MR) is 80.7 cm³/mol. The van der Waals surface area contributed by atoms with Gasteiger partial charge in [-0.3, -0.25) is 4.79 Å². The summed E-state index contributed by atoms with van der Waals surface area (Å²) in [7, 11) is 1.56. The summed E-state index contributed by atoms with van der Waals surface area (Å²) in [6.45, 7) is 3.94. The second kappa shape index (κ2) is 7.12. The monoisotopic (exact) mass is 307 g/mol. The van der Waals surface area contributed by atoms with E-state index in [-0.39, 0.29) is 17.6 Å². The molecule has 7 heteroatoms. The van der Waals surface area contributed by atoms with Gasteiger partial charge in [0, 0.05) is 5.92 Å². The Morgan fingerprint density at radius 1 is 1.38 bits per heavy atom. The fourth-order valence-electron chi connectivity index (χ4n) is 1.57. The average molecular weight is 307 g/mol. The maximum absolute atomic E-state index is 11.9. The summed E-state index contributed by atoms with van der Waals surface area (Å²) in [6, 6.07) is 7.24. The normalized spacial score (nSPS) is 10.7. The second-order valence-electron chi connectivity index (χ2n) is 4.60.